The van der Waals surface area contributed by atoms with Crippen LogP contribution in [0.2, 0.25) is 0 Å². The van der Waals surface area contributed by atoms with Gasteiger partial charge >= 0.3 is 5.97 Å². The number of Topliss-reactive ketones (excluding diaryl/α,β-unsaturated/α-hetero) is 1. The summed E-state index contributed by atoms with van der Waals surface area (Å²) in [6.07, 6.45) is 6.20. The fraction of sp³-hybridized carbons (Fsp3) is 0.474. The molecule has 2 atom stereocenters. The van der Waals surface area contributed by atoms with Crippen LogP contribution in [0.15, 0.2) is 40.8 Å². The molecule has 0 saturated heterocycles. The first kappa shape index (κ1) is 16.6. The number of hydrogen-bond acceptors (Lipinski definition) is 5. The SMILES string of the molecule is CCOC(=O)C1C(CC)=NC2=C(C(=O)CCC2)[C@@H]1c1ccncc1. The quantitative estimate of drug-likeness (QED) is 0.797. The summed E-state index contributed by atoms with van der Waals surface area (Å²) in [7, 11) is 0. The molecule has 0 bridgehead atoms. The Labute approximate surface area is 141 Å². The third-order valence-electron chi connectivity index (χ3n) is 4.68. The van der Waals surface area contributed by atoms with Gasteiger partial charge in [0.25, 0.3) is 0 Å². The van der Waals surface area contributed by atoms with E-state index in [1.165, 1.54) is 0 Å². The second kappa shape index (κ2) is 7.07. The maximum Gasteiger partial charge on any atom is 0.315 e. The molecule has 3 rings (SSSR count). The molecule has 0 spiro atoms. The Morgan fingerprint density at radius 3 is 2.67 bits per heavy atom. The zero-order chi connectivity index (χ0) is 17.1. The molecule has 0 amide bonds. The molecular weight excluding hydrogens is 304 g/mol. The van der Waals surface area contributed by atoms with Crippen LogP contribution in [0.1, 0.15) is 51.0 Å². The third kappa shape index (κ3) is 2.90. The van der Waals surface area contributed by atoms with Crippen LogP contribution in [0.5, 0.6) is 0 Å². The Morgan fingerprint density at radius 2 is 2.00 bits per heavy atom. The van der Waals surface area contributed by atoms with Crippen molar-refractivity contribution in [3.8, 4) is 0 Å². The number of nitrogens with zero attached hydrogens (tertiary/aromatic N) is 2. The molecule has 1 aromatic rings. The lowest BCUT2D eigenvalue weighted by molar-refractivity contribution is -0.146. The van der Waals surface area contributed by atoms with Gasteiger partial charge in [-0.25, -0.2) is 0 Å². The molecule has 0 N–H and O–H groups in total. The van der Waals surface area contributed by atoms with Crippen LogP contribution in [0.4, 0.5) is 0 Å². The molecule has 2 aliphatic rings. The van der Waals surface area contributed by atoms with Crippen LogP contribution in [-0.2, 0) is 14.3 Å². The van der Waals surface area contributed by atoms with Crippen molar-refractivity contribution in [2.75, 3.05) is 6.61 Å². The van der Waals surface area contributed by atoms with Crippen molar-refractivity contribution >= 4 is 17.5 Å². The van der Waals surface area contributed by atoms with Gasteiger partial charge in [0, 0.05) is 41.7 Å². The molecule has 0 fully saturated rings. The highest BCUT2D eigenvalue weighted by Gasteiger charge is 2.43. The number of pyridine rings is 1. The first-order valence-corrected chi connectivity index (χ1v) is 8.57. The first-order valence-electron chi connectivity index (χ1n) is 8.57. The number of carbonyl (C=O) groups is 2. The number of carbonyl (C=O) groups excluding carboxylic acids is 2. The number of allylic oxidation sites excluding steroid dienone is 2. The fourth-order valence-corrected chi connectivity index (χ4v) is 3.65. The molecule has 5 nitrogen and oxygen atoms in total. The number of hydrogen-bond donors (Lipinski definition) is 0. The van der Waals surface area contributed by atoms with E-state index in [0.29, 0.717) is 25.0 Å². The number of aliphatic imine (C=N–C) groups is 1. The van der Waals surface area contributed by atoms with Crippen molar-refractivity contribution in [1.29, 1.82) is 0 Å². The van der Waals surface area contributed by atoms with E-state index in [4.69, 9.17) is 9.73 Å². The Bertz CT molecular complexity index is 707. The highest BCUT2D eigenvalue weighted by Crippen LogP contribution is 2.43. The number of ether oxygens (including phenoxy) is 1. The Morgan fingerprint density at radius 1 is 1.25 bits per heavy atom. The van der Waals surface area contributed by atoms with E-state index >= 15 is 0 Å². The lowest BCUT2D eigenvalue weighted by Crippen LogP contribution is -2.38. The molecule has 5 heteroatoms. The van der Waals surface area contributed by atoms with E-state index in [0.717, 1.165) is 29.8 Å². The third-order valence-corrected chi connectivity index (χ3v) is 4.68. The monoisotopic (exact) mass is 326 g/mol. The molecule has 126 valence electrons. The van der Waals surface area contributed by atoms with E-state index < -0.39 is 5.92 Å². The summed E-state index contributed by atoms with van der Waals surface area (Å²) in [6.45, 7) is 4.10. The van der Waals surface area contributed by atoms with E-state index in [1.807, 2.05) is 19.1 Å². The molecule has 1 unspecified atom stereocenters. The van der Waals surface area contributed by atoms with Crippen LogP contribution in [0, 0.1) is 5.92 Å². The lowest BCUT2D eigenvalue weighted by atomic mass is 9.71. The summed E-state index contributed by atoms with van der Waals surface area (Å²) < 4.78 is 5.31. The van der Waals surface area contributed by atoms with Crippen molar-refractivity contribution in [2.45, 2.75) is 45.4 Å². The van der Waals surface area contributed by atoms with Crippen molar-refractivity contribution in [1.82, 2.24) is 4.98 Å². The second-order valence-corrected chi connectivity index (χ2v) is 6.08. The number of rotatable bonds is 4. The van der Waals surface area contributed by atoms with Crippen molar-refractivity contribution < 1.29 is 14.3 Å². The Hall–Kier alpha value is -2.30. The van der Waals surface area contributed by atoms with Crippen LogP contribution in [0.3, 0.4) is 0 Å². The highest BCUT2D eigenvalue weighted by molar-refractivity contribution is 6.09. The Kier molecular flexibility index (Phi) is 4.88. The minimum Gasteiger partial charge on any atom is -0.465 e. The number of ketones is 1. The van der Waals surface area contributed by atoms with E-state index in [2.05, 4.69) is 4.98 Å². The minimum absolute atomic E-state index is 0.103. The molecule has 0 radical (unpaired) electrons. The average molecular weight is 326 g/mol. The van der Waals surface area contributed by atoms with Crippen LogP contribution < -0.4 is 0 Å². The molecular formula is C19H22N2O3. The summed E-state index contributed by atoms with van der Waals surface area (Å²) >= 11 is 0. The second-order valence-electron chi connectivity index (χ2n) is 6.08. The average Bonchev–Trinajstić information content (AvgIpc) is 2.61. The molecule has 0 saturated carbocycles. The summed E-state index contributed by atoms with van der Waals surface area (Å²) in [5.41, 5.74) is 3.28. The van der Waals surface area contributed by atoms with Crippen molar-refractivity contribution in [2.24, 2.45) is 10.9 Å². The fourth-order valence-electron chi connectivity index (χ4n) is 3.65. The first-order chi connectivity index (χ1) is 11.7. The van der Waals surface area contributed by atoms with Gasteiger partial charge in [-0.1, -0.05) is 6.92 Å². The highest BCUT2D eigenvalue weighted by atomic mass is 16.5. The van der Waals surface area contributed by atoms with E-state index in [-0.39, 0.29) is 17.7 Å². The zero-order valence-corrected chi connectivity index (χ0v) is 14.1. The summed E-state index contributed by atoms with van der Waals surface area (Å²) in [6, 6.07) is 3.75. The largest absolute Gasteiger partial charge is 0.465 e. The van der Waals surface area contributed by atoms with Crippen LogP contribution >= 0.6 is 0 Å². The summed E-state index contributed by atoms with van der Waals surface area (Å²) in [5.74, 6) is -1.04. The maximum atomic E-state index is 12.7. The minimum atomic E-state index is -0.529. The standard InChI is InChI=1S/C19H22N2O3/c1-3-13-18(19(23)24-4-2)16(12-8-10-20-11-9-12)17-14(21-13)6-5-7-15(17)22/h8-11,16,18H,3-7H2,1-2H3/t16-,18?/m0/s1. The molecule has 1 aliphatic carbocycles. The maximum absolute atomic E-state index is 12.7. The van der Waals surface area contributed by atoms with Crippen molar-refractivity contribution in [3.63, 3.8) is 0 Å². The van der Waals surface area contributed by atoms with Gasteiger partial charge in [0.2, 0.25) is 0 Å². The summed E-state index contributed by atoms with van der Waals surface area (Å²) in [4.78, 5) is 34.1. The smallest absolute Gasteiger partial charge is 0.315 e. The van der Waals surface area contributed by atoms with E-state index in [1.54, 1.807) is 19.3 Å². The van der Waals surface area contributed by atoms with Gasteiger partial charge in [-0.2, -0.15) is 0 Å². The normalized spacial score (nSPS) is 23.6. The van der Waals surface area contributed by atoms with Gasteiger partial charge in [-0.15, -0.1) is 0 Å². The van der Waals surface area contributed by atoms with Gasteiger partial charge < -0.3 is 4.74 Å². The van der Waals surface area contributed by atoms with E-state index in [9.17, 15) is 9.59 Å². The van der Waals surface area contributed by atoms with Gasteiger partial charge in [0.1, 0.15) is 5.92 Å². The molecule has 1 aromatic heterocycles. The van der Waals surface area contributed by atoms with Gasteiger partial charge in [0.15, 0.2) is 5.78 Å². The number of aromatic nitrogens is 1. The Balaban J connectivity index is 2.16. The molecule has 1 aliphatic heterocycles. The van der Waals surface area contributed by atoms with Gasteiger partial charge in [-0.3, -0.25) is 19.6 Å². The molecule has 2 heterocycles. The number of esters is 1. The predicted molar refractivity (Wildman–Crippen MR) is 90.7 cm³/mol. The predicted octanol–water partition coefficient (Wildman–Crippen LogP) is 3.22. The lowest BCUT2D eigenvalue weighted by Gasteiger charge is -2.35. The van der Waals surface area contributed by atoms with Gasteiger partial charge in [0.05, 0.1) is 6.61 Å². The van der Waals surface area contributed by atoms with Gasteiger partial charge in [-0.05, 0) is 43.9 Å². The topological polar surface area (TPSA) is 68.6 Å². The van der Waals surface area contributed by atoms with Crippen molar-refractivity contribution in [3.05, 3.63) is 41.4 Å². The zero-order valence-electron chi connectivity index (χ0n) is 14.1. The molecule has 24 heavy (non-hydrogen) atoms. The van der Waals surface area contributed by atoms with Crippen LogP contribution in [-0.4, -0.2) is 29.1 Å². The molecule has 0 aromatic carbocycles. The summed E-state index contributed by atoms with van der Waals surface area (Å²) in [5, 5.41) is 0. The van der Waals surface area contributed by atoms with Crippen LogP contribution in [0.25, 0.3) is 0 Å².